The molecular formula is C16H22N4O2S. The van der Waals surface area contributed by atoms with Crippen LogP contribution in [0.15, 0.2) is 23.5 Å². The second-order valence-corrected chi connectivity index (χ2v) is 6.77. The number of pyridine rings is 1. The third-order valence-electron chi connectivity index (χ3n) is 3.61. The first kappa shape index (κ1) is 17.5. The molecule has 1 atom stereocenters. The Kier molecular flexibility index (Phi) is 5.46. The van der Waals surface area contributed by atoms with Gasteiger partial charge < -0.3 is 15.4 Å². The summed E-state index contributed by atoms with van der Waals surface area (Å²) in [6.45, 7) is 7.02. The lowest BCUT2D eigenvalue weighted by Gasteiger charge is -2.39. The van der Waals surface area contributed by atoms with Gasteiger partial charge in [0.1, 0.15) is 5.60 Å². The number of aromatic nitrogens is 1. The fourth-order valence-electron chi connectivity index (χ4n) is 2.74. The van der Waals surface area contributed by atoms with Gasteiger partial charge in [-0.2, -0.15) is 4.99 Å². The minimum absolute atomic E-state index is 0.449. The van der Waals surface area contributed by atoms with Crippen molar-refractivity contribution in [2.75, 3.05) is 13.1 Å². The SMILES string of the molecule is CC(C)(C)OC(=O)N[C@]1(c2ccncc2N=C=S)CCCNC1. The van der Waals surface area contributed by atoms with Crippen LogP contribution in [0.2, 0.25) is 0 Å². The molecule has 0 aliphatic carbocycles. The predicted molar refractivity (Wildman–Crippen MR) is 92.1 cm³/mol. The van der Waals surface area contributed by atoms with Gasteiger partial charge in [-0.05, 0) is 58.4 Å². The van der Waals surface area contributed by atoms with Crippen LogP contribution in [0.1, 0.15) is 39.2 Å². The van der Waals surface area contributed by atoms with Gasteiger partial charge in [0.15, 0.2) is 0 Å². The van der Waals surface area contributed by atoms with Crippen molar-refractivity contribution in [2.24, 2.45) is 4.99 Å². The molecule has 1 aliphatic rings. The number of nitrogens with one attached hydrogen (secondary N) is 2. The van der Waals surface area contributed by atoms with E-state index in [0.717, 1.165) is 24.9 Å². The Morgan fingerprint density at radius 1 is 1.57 bits per heavy atom. The zero-order chi connectivity index (χ0) is 16.9. The second kappa shape index (κ2) is 7.17. The van der Waals surface area contributed by atoms with E-state index in [1.165, 1.54) is 0 Å². The molecule has 23 heavy (non-hydrogen) atoms. The molecule has 1 saturated heterocycles. The topological polar surface area (TPSA) is 75.6 Å². The van der Waals surface area contributed by atoms with Crippen molar-refractivity contribution >= 4 is 29.2 Å². The molecule has 0 bridgehead atoms. The van der Waals surface area contributed by atoms with Crippen LogP contribution >= 0.6 is 12.2 Å². The van der Waals surface area contributed by atoms with Crippen LogP contribution < -0.4 is 10.6 Å². The Labute approximate surface area is 141 Å². The molecule has 0 unspecified atom stereocenters. The molecule has 1 aromatic heterocycles. The highest BCUT2D eigenvalue weighted by molar-refractivity contribution is 7.78. The Bertz CT molecular complexity index is 615. The van der Waals surface area contributed by atoms with Gasteiger partial charge in [0.05, 0.1) is 22.6 Å². The van der Waals surface area contributed by atoms with Crippen molar-refractivity contribution in [1.29, 1.82) is 0 Å². The number of hydrogen-bond acceptors (Lipinski definition) is 6. The predicted octanol–water partition coefficient (Wildman–Crippen LogP) is 2.92. The number of isothiocyanates is 1. The molecule has 1 aromatic rings. The summed E-state index contributed by atoms with van der Waals surface area (Å²) in [5.74, 6) is 0. The highest BCUT2D eigenvalue weighted by Crippen LogP contribution is 2.34. The van der Waals surface area contributed by atoms with Gasteiger partial charge in [-0.1, -0.05) is 0 Å². The minimum atomic E-state index is -0.603. The second-order valence-electron chi connectivity index (χ2n) is 6.59. The van der Waals surface area contributed by atoms with E-state index in [0.29, 0.717) is 12.2 Å². The van der Waals surface area contributed by atoms with Crippen LogP contribution in [-0.4, -0.2) is 34.9 Å². The summed E-state index contributed by atoms with van der Waals surface area (Å²) < 4.78 is 5.43. The quantitative estimate of drug-likeness (QED) is 0.656. The summed E-state index contributed by atoms with van der Waals surface area (Å²) >= 11 is 4.72. The molecule has 2 heterocycles. The van der Waals surface area contributed by atoms with Crippen LogP contribution in [0.5, 0.6) is 0 Å². The number of nitrogens with zero attached hydrogens (tertiary/aromatic N) is 2. The highest BCUT2D eigenvalue weighted by Gasteiger charge is 2.38. The van der Waals surface area contributed by atoms with E-state index in [-0.39, 0.29) is 0 Å². The van der Waals surface area contributed by atoms with E-state index < -0.39 is 17.2 Å². The van der Waals surface area contributed by atoms with Crippen LogP contribution in [0, 0.1) is 0 Å². The molecular weight excluding hydrogens is 312 g/mol. The Morgan fingerprint density at radius 2 is 2.35 bits per heavy atom. The normalized spacial score (nSPS) is 21.2. The molecule has 0 radical (unpaired) electrons. The van der Waals surface area contributed by atoms with Crippen molar-refractivity contribution in [2.45, 2.75) is 44.8 Å². The molecule has 0 spiro atoms. The van der Waals surface area contributed by atoms with Gasteiger partial charge in [0.2, 0.25) is 0 Å². The van der Waals surface area contributed by atoms with Crippen molar-refractivity contribution in [3.63, 3.8) is 0 Å². The first-order chi connectivity index (χ1) is 10.9. The molecule has 2 N–H and O–H groups in total. The molecule has 124 valence electrons. The number of alkyl carbamates (subject to hydrolysis) is 1. The monoisotopic (exact) mass is 334 g/mol. The average molecular weight is 334 g/mol. The smallest absolute Gasteiger partial charge is 0.408 e. The largest absolute Gasteiger partial charge is 0.444 e. The number of hydrogen-bond donors (Lipinski definition) is 2. The maximum absolute atomic E-state index is 12.3. The van der Waals surface area contributed by atoms with Gasteiger partial charge >= 0.3 is 6.09 Å². The molecule has 0 saturated carbocycles. The first-order valence-corrected chi connectivity index (χ1v) is 8.01. The summed E-state index contributed by atoms with van der Waals surface area (Å²) in [5, 5.41) is 8.74. The minimum Gasteiger partial charge on any atom is -0.444 e. The third-order valence-corrected chi connectivity index (χ3v) is 3.70. The molecule has 6 nitrogen and oxygen atoms in total. The van der Waals surface area contributed by atoms with E-state index in [1.807, 2.05) is 26.8 Å². The Morgan fingerprint density at radius 3 is 2.96 bits per heavy atom. The van der Waals surface area contributed by atoms with Crippen LogP contribution in [0.25, 0.3) is 0 Å². The van der Waals surface area contributed by atoms with E-state index in [2.05, 4.69) is 25.8 Å². The Balaban J connectivity index is 2.36. The van der Waals surface area contributed by atoms with Crippen LogP contribution in [-0.2, 0) is 10.3 Å². The lowest BCUT2D eigenvalue weighted by molar-refractivity contribution is 0.0431. The molecule has 2 rings (SSSR count). The fraction of sp³-hybridized carbons (Fsp3) is 0.562. The maximum Gasteiger partial charge on any atom is 0.408 e. The van der Waals surface area contributed by atoms with Crippen molar-refractivity contribution < 1.29 is 9.53 Å². The van der Waals surface area contributed by atoms with E-state index in [1.54, 1.807) is 12.4 Å². The molecule has 1 aliphatic heterocycles. The number of rotatable bonds is 3. The van der Waals surface area contributed by atoms with Gasteiger partial charge in [0, 0.05) is 18.3 Å². The van der Waals surface area contributed by atoms with Crippen molar-refractivity contribution in [3.8, 4) is 0 Å². The van der Waals surface area contributed by atoms with Crippen molar-refractivity contribution in [3.05, 3.63) is 24.0 Å². The number of piperidine rings is 1. The number of carbonyl (C=O) groups is 1. The summed E-state index contributed by atoms with van der Waals surface area (Å²) in [7, 11) is 0. The van der Waals surface area contributed by atoms with Gasteiger partial charge in [-0.15, -0.1) is 0 Å². The van der Waals surface area contributed by atoms with Gasteiger partial charge in [-0.3, -0.25) is 4.98 Å². The van der Waals surface area contributed by atoms with E-state index in [9.17, 15) is 4.79 Å². The molecule has 1 fully saturated rings. The van der Waals surface area contributed by atoms with Crippen LogP contribution in [0.4, 0.5) is 10.5 Å². The zero-order valence-corrected chi connectivity index (χ0v) is 14.5. The average Bonchev–Trinajstić information content (AvgIpc) is 2.47. The summed E-state index contributed by atoms with van der Waals surface area (Å²) in [4.78, 5) is 20.5. The lowest BCUT2D eigenvalue weighted by atomic mass is 9.82. The number of thiocarbonyl (C=S) groups is 1. The van der Waals surface area contributed by atoms with Gasteiger partial charge in [-0.25, -0.2) is 4.79 Å². The number of amides is 1. The molecule has 0 aromatic carbocycles. The molecule has 7 heteroatoms. The van der Waals surface area contributed by atoms with Gasteiger partial charge in [0.25, 0.3) is 0 Å². The lowest BCUT2D eigenvalue weighted by Crippen LogP contribution is -2.56. The van der Waals surface area contributed by atoms with Crippen LogP contribution in [0.3, 0.4) is 0 Å². The zero-order valence-electron chi connectivity index (χ0n) is 13.7. The van der Waals surface area contributed by atoms with Crippen molar-refractivity contribution in [1.82, 2.24) is 15.6 Å². The standard InChI is InChI=1S/C16H22N4O2S/c1-15(2,3)22-14(21)20-16(6-4-7-18-10-16)12-5-8-17-9-13(12)19-11-23/h5,8-9,18H,4,6-7,10H2,1-3H3,(H,20,21)/t16-/m1/s1. The summed E-state index contributed by atoms with van der Waals surface area (Å²) in [6, 6.07) is 1.86. The number of carbonyl (C=O) groups excluding carboxylic acids is 1. The highest BCUT2D eigenvalue weighted by atomic mass is 32.1. The number of ether oxygens (including phenoxy) is 1. The van der Waals surface area contributed by atoms with E-state index in [4.69, 9.17) is 17.0 Å². The van der Waals surface area contributed by atoms with E-state index >= 15 is 0 Å². The fourth-order valence-corrected chi connectivity index (χ4v) is 2.84. The number of aliphatic imine (C=N–C) groups is 1. The summed E-state index contributed by atoms with van der Waals surface area (Å²) in [6.07, 6.45) is 4.57. The third kappa shape index (κ3) is 4.58. The summed E-state index contributed by atoms with van der Waals surface area (Å²) in [5.41, 5.74) is 0.320. The first-order valence-electron chi connectivity index (χ1n) is 7.61. The molecule has 1 amide bonds. The Hall–Kier alpha value is -1.82. The maximum atomic E-state index is 12.3.